The molecule has 2 heterocycles. The maximum Gasteiger partial charge on any atom is 0.276 e. The van der Waals surface area contributed by atoms with E-state index in [2.05, 4.69) is 22.2 Å². The van der Waals surface area contributed by atoms with Gasteiger partial charge in [-0.2, -0.15) is 0 Å². The number of nitrogens with zero attached hydrogens (tertiary/aromatic N) is 3. The summed E-state index contributed by atoms with van der Waals surface area (Å²) < 4.78 is 29.2. The van der Waals surface area contributed by atoms with Crippen molar-refractivity contribution in [3.63, 3.8) is 0 Å². The lowest BCUT2D eigenvalue weighted by Gasteiger charge is -2.35. The minimum Gasteiger partial charge on any atom is -0.368 e. The number of para-hydroxylation sites is 1. The van der Waals surface area contributed by atoms with Gasteiger partial charge in [-0.1, -0.05) is 30.3 Å². The summed E-state index contributed by atoms with van der Waals surface area (Å²) in [5.74, 6) is 0.315. The van der Waals surface area contributed by atoms with E-state index < -0.39 is 9.84 Å². The molecule has 3 aromatic rings. The molecule has 1 saturated heterocycles. The molecule has 0 bridgehead atoms. The molecule has 0 radical (unpaired) electrons. The van der Waals surface area contributed by atoms with Crippen LogP contribution in [0, 0.1) is 0 Å². The second-order valence-corrected chi connectivity index (χ2v) is 9.40. The van der Waals surface area contributed by atoms with Crippen LogP contribution in [0.5, 0.6) is 0 Å². The third-order valence-electron chi connectivity index (χ3n) is 5.30. The number of anilines is 1. The van der Waals surface area contributed by atoms with Gasteiger partial charge < -0.3 is 14.3 Å². The Hall–Kier alpha value is -3.13. The Labute approximate surface area is 175 Å². The first kappa shape index (κ1) is 20.2. The molecule has 30 heavy (non-hydrogen) atoms. The smallest absolute Gasteiger partial charge is 0.276 e. The van der Waals surface area contributed by atoms with Crippen molar-refractivity contribution < 1.29 is 17.7 Å². The van der Waals surface area contributed by atoms with Gasteiger partial charge >= 0.3 is 0 Å². The maximum atomic E-state index is 12.8. The number of carbonyl (C=O) groups is 1. The molecule has 1 aliphatic heterocycles. The first-order chi connectivity index (χ1) is 14.5. The van der Waals surface area contributed by atoms with Crippen LogP contribution in [0.2, 0.25) is 0 Å². The van der Waals surface area contributed by atoms with Gasteiger partial charge in [-0.3, -0.25) is 4.79 Å². The van der Waals surface area contributed by atoms with Crippen LogP contribution in [-0.4, -0.2) is 56.3 Å². The number of amides is 1. The fraction of sp³-hybridized carbons (Fsp3) is 0.273. The Balaban J connectivity index is 1.42. The summed E-state index contributed by atoms with van der Waals surface area (Å²) in [6.45, 7) is 4.35. The molecule has 0 spiro atoms. The summed E-state index contributed by atoms with van der Waals surface area (Å²) >= 11 is 0. The molecule has 0 aliphatic carbocycles. The van der Waals surface area contributed by atoms with Gasteiger partial charge in [-0.05, 0) is 36.4 Å². The number of carbonyl (C=O) groups excluding carboxylic acids is 1. The highest BCUT2D eigenvalue weighted by Crippen LogP contribution is 2.24. The van der Waals surface area contributed by atoms with E-state index in [1.54, 1.807) is 42.2 Å². The fourth-order valence-electron chi connectivity index (χ4n) is 3.47. The molecule has 0 atom stereocenters. The van der Waals surface area contributed by atoms with Gasteiger partial charge in [0.2, 0.25) is 0 Å². The number of benzene rings is 2. The average Bonchev–Trinajstić information content (AvgIpc) is 3.30. The molecule has 4 rings (SSSR count). The van der Waals surface area contributed by atoms with E-state index in [9.17, 15) is 13.2 Å². The normalized spacial score (nSPS) is 14.7. The number of hydrogen-bond acceptors (Lipinski definition) is 6. The van der Waals surface area contributed by atoms with Crippen LogP contribution < -0.4 is 4.90 Å². The maximum absolute atomic E-state index is 12.8. The molecular formula is C22H23N3O4S. The third kappa shape index (κ3) is 4.09. The van der Waals surface area contributed by atoms with Crippen LogP contribution in [0.4, 0.5) is 5.69 Å². The van der Waals surface area contributed by atoms with Crippen molar-refractivity contribution >= 4 is 21.4 Å². The van der Waals surface area contributed by atoms with Crippen LogP contribution >= 0.6 is 0 Å². The van der Waals surface area contributed by atoms with Crippen LogP contribution in [0.1, 0.15) is 17.4 Å². The van der Waals surface area contributed by atoms with Crippen LogP contribution in [0.3, 0.4) is 0 Å². The molecule has 8 heteroatoms. The SMILES string of the molecule is CCS(=O)(=O)c1ccc(-c2cc(C(=O)N3CCN(c4ccccc4)CC3)no2)cc1. The number of rotatable bonds is 5. The Morgan fingerprint density at radius 3 is 2.30 bits per heavy atom. The standard InChI is InChI=1S/C22H23N3O4S/c1-2-30(27,28)19-10-8-17(9-11-19)21-16-20(23-29-21)22(26)25-14-12-24(13-15-25)18-6-4-3-5-7-18/h3-11,16H,2,12-15H2,1H3. The topological polar surface area (TPSA) is 83.7 Å². The van der Waals surface area contributed by atoms with Gasteiger partial charge in [-0.15, -0.1) is 0 Å². The first-order valence-corrected chi connectivity index (χ1v) is 11.5. The highest BCUT2D eigenvalue weighted by molar-refractivity contribution is 7.91. The lowest BCUT2D eigenvalue weighted by Crippen LogP contribution is -2.48. The van der Waals surface area contributed by atoms with E-state index in [4.69, 9.17) is 4.52 Å². The zero-order valence-corrected chi connectivity index (χ0v) is 17.5. The highest BCUT2D eigenvalue weighted by Gasteiger charge is 2.25. The van der Waals surface area contributed by atoms with E-state index in [1.165, 1.54) is 0 Å². The summed E-state index contributed by atoms with van der Waals surface area (Å²) in [5, 5.41) is 3.93. The Bertz CT molecular complexity index is 1120. The second-order valence-electron chi connectivity index (χ2n) is 7.12. The second kappa shape index (κ2) is 8.31. The number of hydrogen-bond donors (Lipinski definition) is 0. The van der Waals surface area contributed by atoms with Crippen LogP contribution in [-0.2, 0) is 9.84 Å². The molecule has 0 saturated carbocycles. The summed E-state index contributed by atoms with van der Waals surface area (Å²) in [6, 6.07) is 18.2. The summed E-state index contributed by atoms with van der Waals surface area (Å²) in [5.41, 5.74) is 2.08. The first-order valence-electron chi connectivity index (χ1n) is 9.87. The summed E-state index contributed by atoms with van der Waals surface area (Å²) in [6.07, 6.45) is 0. The van der Waals surface area contributed by atoms with E-state index >= 15 is 0 Å². The quantitative estimate of drug-likeness (QED) is 0.625. The van der Waals surface area contributed by atoms with Crippen molar-refractivity contribution in [3.05, 3.63) is 66.4 Å². The predicted octanol–water partition coefficient (Wildman–Crippen LogP) is 3.10. The molecule has 0 unspecified atom stereocenters. The molecule has 0 N–H and O–H groups in total. The van der Waals surface area contributed by atoms with Gasteiger partial charge in [0.25, 0.3) is 5.91 Å². The summed E-state index contributed by atoms with van der Waals surface area (Å²) in [4.78, 5) is 17.1. The summed E-state index contributed by atoms with van der Waals surface area (Å²) in [7, 11) is -3.26. The molecular weight excluding hydrogens is 402 g/mol. The van der Waals surface area contributed by atoms with Crippen molar-refractivity contribution in [2.75, 3.05) is 36.8 Å². The van der Waals surface area contributed by atoms with Crippen molar-refractivity contribution in [2.24, 2.45) is 0 Å². The molecule has 2 aromatic carbocycles. The predicted molar refractivity (Wildman–Crippen MR) is 114 cm³/mol. The molecule has 156 valence electrons. The van der Waals surface area contributed by atoms with E-state index in [-0.39, 0.29) is 22.2 Å². The number of sulfone groups is 1. The van der Waals surface area contributed by atoms with Crippen LogP contribution in [0.15, 0.2) is 70.1 Å². The van der Waals surface area contributed by atoms with Crippen molar-refractivity contribution in [3.8, 4) is 11.3 Å². The van der Waals surface area contributed by atoms with Gasteiger partial charge in [0.05, 0.1) is 10.6 Å². The van der Waals surface area contributed by atoms with Crippen molar-refractivity contribution in [1.29, 1.82) is 0 Å². The third-order valence-corrected chi connectivity index (χ3v) is 7.05. The van der Waals surface area contributed by atoms with E-state index in [0.717, 1.165) is 18.8 Å². The van der Waals surface area contributed by atoms with Crippen molar-refractivity contribution in [1.82, 2.24) is 10.1 Å². The van der Waals surface area contributed by atoms with Gasteiger partial charge in [-0.25, -0.2) is 8.42 Å². The Morgan fingerprint density at radius 2 is 1.67 bits per heavy atom. The molecule has 1 aliphatic rings. The highest BCUT2D eigenvalue weighted by atomic mass is 32.2. The number of aromatic nitrogens is 1. The minimum absolute atomic E-state index is 0.0465. The molecule has 7 nitrogen and oxygen atoms in total. The number of piperazine rings is 1. The zero-order valence-electron chi connectivity index (χ0n) is 16.7. The Kier molecular flexibility index (Phi) is 5.59. The van der Waals surface area contributed by atoms with Crippen LogP contribution in [0.25, 0.3) is 11.3 Å². The lowest BCUT2D eigenvalue weighted by molar-refractivity contribution is 0.0736. The Morgan fingerprint density at radius 1 is 1.00 bits per heavy atom. The monoisotopic (exact) mass is 425 g/mol. The van der Waals surface area contributed by atoms with Crippen molar-refractivity contribution in [2.45, 2.75) is 11.8 Å². The molecule has 1 amide bonds. The van der Waals surface area contributed by atoms with E-state index in [1.807, 2.05) is 18.2 Å². The van der Waals surface area contributed by atoms with Gasteiger partial charge in [0, 0.05) is 43.5 Å². The van der Waals surface area contributed by atoms with Gasteiger partial charge in [0.15, 0.2) is 21.3 Å². The largest absolute Gasteiger partial charge is 0.368 e. The van der Waals surface area contributed by atoms with Gasteiger partial charge in [0.1, 0.15) is 0 Å². The molecule has 1 aromatic heterocycles. The fourth-order valence-corrected chi connectivity index (χ4v) is 4.36. The minimum atomic E-state index is -3.26. The zero-order chi connectivity index (χ0) is 21.1. The molecule has 1 fully saturated rings. The lowest BCUT2D eigenvalue weighted by atomic mass is 10.1. The van der Waals surface area contributed by atoms with E-state index in [0.29, 0.717) is 24.4 Å². The average molecular weight is 426 g/mol.